The minimum Gasteiger partial charge on any atom is -0.504 e. The first-order valence-corrected chi connectivity index (χ1v) is 6.31. The summed E-state index contributed by atoms with van der Waals surface area (Å²) in [5.74, 6) is -1.43. The lowest BCUT2D eigenvalue weighted by molar-refractivity contribution is 0.0963. The molecule has 110 valence electrons. The number of nitrogens with one attached hydrogen (secondary N) is 2. The Balaban J connectivity index is 2.07. The Labute approximate surface area is 121 Å². The molecule has 0 aliphatic carbocycles. The molecule has 5 N–H and O–H groups in total. The molecule has 2 rings (SSSR count). The van der Waals surface area contributed by atoms with Crippen LogP contribution < -0.4 is 10.6 Å². The monoisotopic (exact) mass is 288 g/mol. The van der Waals surface area contributed by atoms with E-state index in [1.807, 2.05) is 0 Å². The second-order valence-electron chi connectivity index (χ2n) is 4.45. The summed E-state index contributed by atoms with van der Waals surface area (Å²) in [5.41, 5.74) is 1.75. The summed E-state index contributed by atoms with van der Waals surface area (Å²) in [5, 5.41) is 34.0. The Morgan fingerprint density at radius 3 is 2.29 bits per heavy atom. The zero-order chi connectivity index (χ0) is 15.4. The van der Waals surface area contributed by atoms with Crippen molar-refractivity contribution in [2.75, 3.05) is 12.4 Å². The smallest absolute Gasteiger partial charge is 0.251 e. The first-order valence-electron chi connectivity index (χ1n) is 6.31. The third-order valence-electron chi connectivity index (χ3n) is 3.07. The molecule has 0 spiro atoms. The average Bonchev–Trinajstić information content (AvgIpc) is 2.52. The van der Waals surface area contributed by atoms with Crippen molar-refractivity contribution in [2.24, 2.45) is 0 Å². The van der Waals surface area contributed by atoms with E-state index in [0.717, 1.165) is 5.69 Å². The molecule has 2 aromatic rings. The van der Waals surface area contributed by atoms with Crippen molar-refractivity contribution >= 4 is 11.6 Å². The van der Waals surface area contributed by atoms with Gasteiger partial charge in [-0.25, -0.2) is 0 Å². The van der Waals surface area contributed by atoms with Gasteiger partial charge in [0, 0.05) is 30.4 Å². The zero-order valence-electron chi connectivity index (χ0n) is 11.4. The third kappa shape index (κ3) is 3.17. The highest BCUT2D eigenvalue weighted by Crippen LogP contribution is 2.37. The lowest BCUT2D eigenvalue weighted by Gasteiger charge is -2.10. The molecular weight excluding hydrogens is 272 g/mol. The molecule has 0 atom stereocenters. The van der Waals surface area contributed by atoms with Crippen LogP contribution >= 0.6 is 0 Å². The van der Waals surface area contributed by atoms with Gasteiger partial charge < -0.3 is 26.0 Å². The van der Waals surface area contributed by atoms with Crippen LogP contribution in [0.2, 0.25) is 0 Å². The number of aromatic hydroxyl groups is 3. The molecule has 6 nitrogen and oxygen atoms in total. The van der Waals surface area contributed by atoms with E-state index in [-0.39, 0.29) is 24.0 Å². The molecule has 0 saturated carbocycles. The van der Waals surface area contributed by atoms with E-state index in [1.165, 1.54) is 12.1 Å². The van der Waals surface area contributed by atoms with Gasteiger partial charge in [-0.05, 0) is 36.4 Å². The third-order valence-corrected chi connectivity index (χ3v) is 3.07. The number of carbonyl (C=O) groups excluding carboxylic acids is 1. The highest BCUT2D eigenvalue weighted by Gasteiger charge is 2.10. The van der Waals surface area contributed by atoms with E-state index >= 15 is 0 Å². The molecule has 0 radical (unpaired) electrons. The van der Waals surface area contributed by atoms with Crippen molar-refractivity contribution in [1.82, 2.24) is 5.32 Å². The van der Waals surface area contributed by atoms with E-state index in [9.17, 15) is 20.1 Å². The highest BCUT2D eigenvalue weighted by molar-refractivity contribution is 5.94. The lowest BCUT2D eigenvalue weighted by Crippen LogP contribution is -2.17. The minimum atomic E-state index is -0.538. The summed E-state index contributed by atoms with van der Waals surface area (Å²) in [6.07, 6.45) is 0. The zero-order valence-corrected chi connectivity index (χ0v) is 11.4. The second-order valence-corrected chi connectivity index (χ2v) is 4.45. The maximum atomic E-state index is 11.4. The second kappa shape index (κ2) is 6.04. The predicted octanol–water partition coefficient (Wildman–Crippen LogP) is 1.78. The van der Waals surface area contributed by atoms with Gasteiger partial charge in [-0.1, -0.05) is 0 Å². The summed E-state index contributed by atoms with van der Waals surface area (Å²) in [6, 6.07) is 9.64. The SMILES string of the molecule is CNC(=O)c1ccc(NCc2ccc(O)c(O)c2O)cc1. The summed E-state index contributed by atoms with van der Waals surface area (Å²) in [6.45, 7) is 0.263. The van der Waals surface area contributed by atoms with Gasteiger partial charge >= 0.3 is 0 Å². The number of carbonyl (C=O) groups is 1. The van der Waals surface area contributed by atoms with Crippen LogP contribution in [0.5, 0.6) is 17.2 Å². The van der Waals surface area contributed by atoms with Gasteiger partial charge in [0.15, 0.2) is 11.5 Å². The Morgan fingerprint density at radius 2 is 1.67 bits per heavy atom. The van der Waals surface area contributed by atoms with Crippen molar-refractivity contribution in [1.29, 1.82) is 0 Å². The number of rotatable bonds is 4. The number of phenolic OH excluding ortho intramolecular Hbond substituents is 3. The summed E-state index contributed by atoms with van der Waals surface area (Å²) >= 11 is 0. The van der Waals surface area contributed by atoms with Gasteiger partial charge in [-0.3, -0.25) is 4.79 Å². The van der Waals surface area contributed by atoms with Crippen molar-refractivity contribution in [3.8, 4) is 17.2 Å². The van der Waals surface area contributed by atoms with E-state index in [2.05, 4.69) is 10.6 Å². The van der Waals surface area contributed by atoms with Crippen LogP contribution in [0.25, 0.3) is 0 Å². The number of phenols is 3. The van der Waals surface area contributed by atoms with Gasteiger partial charge in [0.1, 0.15) is 0 Å². The van der Waals surface area contributed by atoms with Gasteiger partial charge in [-0.15, -0.1) is 0 Å². The molecule has 2 aromatic carbocycles. The van der Waals surface area contributed by atoms with Crippen LogP contribution in [0, 0.1) is 0 Å². The molecule has 0 bridgehead atoms. The highest BCUT2D eigenvalue weighted by atomic mass is 16.3. The van der Waals surface area contributed by atoms with E-state index in [4.69, 9.17) is 0 Å². The van der Waals surface area contributed by atoms with Crippen molar-refractivity contribution in [2.45, 2.75) is 6.54 Å². The first kappa shape index (κ1) is 14.5. The van der Waals surface area contributed by atoms with Crippen molar-refractivity contribution < 1.29 is 20.1 Å². The van der Waals surface area contributed by atoms with Crippen LogP contribution in [0.4, 0.5) is 5.69 Å². The summed E-state index contributed by atoms with van der Waals surface area (Å²) < 4.78 is 0. The molecule has 0 saturated heterocycles. The fourth-order valence-corrected chi connectivity index (χ4v) is 1.83. The maximum Gasteiger partial charge on any atom is 0.251 e. The molecule has 0 aromatic heterocycles. The van der Waals surface area contributed by atoms with Crippen LogP contribution in [-0.2, 0) is 6.54 Å². The maximum absolute atomic E-state index is 11.4. The molecular formula is C15H16N2O4. The van der Waals surface area contributed by atoms with Gasteiger partial charge in [0.25, 0.3) is 5.91 Å². The van der Waals surface area contributed by atoms with Gasteiger partial charge in [0.2, 0.25) is 5.75 Å². The number of hydrogen-bond donors (Lipinski definition) is 5. The first-order chi connectivity index (χ1) is 10.0. The number of benzene rings is 2. The molecule has 21 heavy (non-hydrogen) atoms. The van der Waals surface area contributed by atoms with Crippen LogP contribution in [0.1, 0.15) is 15.9 Å². The molecule has 0 fully saturated rings. The normalized spacial score (nSPS) is 10.1. The molecule has 0 heterocycles. The molecule has 0 unspecified atom stereocenters. The van der Waals surface area contributed by atoms with Gasteiger partial charge in [-0.2, -0.15) is 0 Å². The lowest BCUT2D eigenvalue weighted by atomic mass is 10.1. The topological polar surface area (TPSA) is 102 Å². The van der Waals surface area contributed by atoms with Crippen molar-refractivity contribution in [3.05, 3.63) is 47.5 Å². The number of anilines is 1. The van der Waals surface area contributed by atoms with Crippen LogP contribution in [-0.4, -0.2) is 28.3 Å². The van der Waals surface area contributed by atoms with E-state index < -0.39 is 5.75 Å². The standard InChI is InChI=1S/C15H16N2O4/c1-16-15(21)9-2-5-11(6-3-9)17-8-10-4-7-12(18)14(20)13(10)19/h2-7,17-20H,8H2,1H3,(H,16,21). The van der Waals surface area contributed by atoms with E-state index in [0.29, 0.717) is 11.1 Å². The quantitative estimate of drug-likeness (QED) is 0.552. The number of amides is 1. The molecule has 0 aliphatic heterocycles. The minimum absolute atomic E-state index is 0.164. The molecule has 6 heteroatoms. The summed E-state index contributed by atoms with van der Waals surface area (Å²) in [4.78, 5) is 11.4. The predicted molar refractivity (Wildman–Crippen MR) is 78.6 cm³/mol. The Morgan fingerprint density at radius 1 is 1.00 bits per heavy atom. The van der Waals surface area contributed by atoms with Crippen molar-refractivity contribution in [3.63, 3.8) is 0 Å². The fraction of sp³-hybridized carbons (Fsp3) is 0.133. The molecule has 1 amide bonds. The largest absolute Gasteiger partial charge is 0.504 e. The molecule has 0 aliphatic rings. The fourth-order valence-electron chi connectivity index (χ4n) is 1.83. The summed E-state index contributed by atoms with van der Waals surface area (Å²) in [7, 11) is 1.56. The number of hydrogen-bond acceptors (Lipinski definition) is 5. The van der Waals surface area contributed by atoms with Gasteiger partial charge in [0.05, 0.1) is 0 Å². The Bertz CT molecular complexity index is 653. The van der Waals surface area contributed by atoms with Crippen LogP contribution in [0.15, 0.2) is 36.4 Å². The van der Waals surface area contributed by atoms with Crippen LogP contribution in [0.3, 0.4) is 0 Å². The Kier molecular flexibility index (Phi) is 4.18. The van der Waals surface area contributed by atoms with E-state index in [1.54, 1.807) is 31.3 Å². The average molecular weight is 288 g/mol. The Hall–Kier alpha value is -2.89.